The Hall–Kier alpha value is -2.80. The zero-order chi connectivity index (χ0) is 21.1. The molecule has 4 rings (SSSR count). The second kappa shape index (κ2) is 8.92. The van der Waals surface area contributed by atoms with Gasteiger partial charge in [-0.2, -0.15) is 0 Å². The molecule has 0 radical (unpaired) electrons. The minimum absolute atomic E-state index is 0.107. The largest absolute Gasteiger partial charge is 0.411 e. The predicted octanol–water partition coefficient (Wildman–Crippen LogP) is 4.10. The van der Waals surface area contributed by atoms with Gasteiger partial charge in [-0.3, -0.25) is 4.79 Å². The van der Waals surface area contributed by atoms with Crippen LogP contribution in [0, 0.1) is 20.8 Å². The summed E-state index contributed by atoms with van der Waals surface area (Å²) in [6.45, 7) is 9.32. The number of anilines is 1. The molecule has 0 atom stereocenters. The van der Waals surface area contributed by atoms with E-state index < -0.39 is 0 Å². The minimum atomic E-state index is 0.107. The predicted molar refractivity (Wildman–Crippen MR) is 120 cm³/mol. The molecular weight excluding hydrogens is 396 g/mol. The number of benzene rings is 2. The molecule has 0 bridgehead atoms. The van der Waals surface area contributed by atoms with E-state index in [9.17, 15) is 4.79 Å². The number of nitrogens with zero attached hydrogens (tertiary/aromatic N) is 4. The quantitative estimate of drug-likeness (QED) is 0.577. The Morgan fingerprint density at radius 1 is 1.00 bits per heavy atom. The Labute approximate surface area is 181 Å². The second-order valence-electron chi connectivity index (χ2n) is 7.69. The van der Waals surface area contributed by atoms with Gasteiger partial charge in [0, 0.05) is 37.4 Å². The molecule has 0 saturated carbocycles. The number of piperazine rings is 1. The molecule has 0 unspecified atom stereocenters. The van der Waals surface area contributed by atoms with Gasteiger partial charge in [-0.25, -0.2) is 0 Å². The standard InChI is InChI=1S/C23H26N4O2S/c1-16-5-4-6-19(14-16)26-9-11-27(12-10-26)21(28)15-30-23-25-24-22(29-23)20-8-7-17(2)13-18(20)3/h4-8,13-14H,9-12,15H2,1-3H3. The van der Waals surface area contributed by atoms with E-state index in [0.717, 1.165) is 37.3 Å². The van der Waals surface area contributed by atoms with Gasteiger partial charge in [-0.1, -0.05) is 41.6 Å². The van der Waals surface area contributed by atoms with Gasteiger partial charge in [-0.05, 0) is 50.1 Å². The lowest BCUT2D eigenvalue weighted by molar-refractivity contribution is -0.128. The van der Waals surface area contributed by atoms with Crippen molar-refractivity contribution in [1.82, 2.24) is 15.1 Å². The van der Waals surface area contributed by atoms with Crippen molar-refractivity contribution in [2.75, 3.05) is 36.8 Å². The molecule has 0 N–H and O–H groups in total. The van der Waals surface area contributed by atoms with Crippen molar-refractivity contribution in [3.8, 4) is 11.5 Å². The van der Waals surface area contributed by atoms with Crippen LogP contribution in [0.25, 0.3) is 11.5 Å². The van der Waals surface area contributed by atoms with Crippen LogP contribution in [-0.2, 0) is 4.79 Å². The first-order valence-corrected chi connectivity index (χ1v) is 11.1. The van der Waals surface area contributed by atoms with E-state index in [2.05, 4.69) is 59.3 Å². The summed E-state index contributed by atoms with van der Waals surface area (Å²) in [5, 5.41) is 8.68. The van der Waals surface area contributed by atoms with Gasteiger partial charge in [0.25, 0.3) is 5.22 Å². The number of rotatable bonds is 5. The summed E-state index contributed by atoms with van der Waals surface area (Å²) < 4.78 is 5.78. The number of aryl methyl sites for hydroxylation is 3. The van der Waals surface area contributed by atoms with Crippen molar-refractivity contribution in [3.63, 3.8) is 0 Å². The average Bonchev–Trinajstić information content (AvgIpc) is 3.21. The van der Waals surface area contributed by atoms with E-state index in [1.54, 1.807) is 0 Å². The van der Waals surface area contributed by atoms with Gasteiger partial charge < -0.3 is 14.2 Å². The zero-order valence-corrected chi connectivity index (χ0v) is 18.4. The molecule has 2 heterocycles. The SMILES string of the molecule is Cc1cccc(N2CCN(C(=O)CSc3nnc(-c4ccc(C)cc4C)o3)CC2)c1. The van der Waals surface area contributed by atoms with Crippen LogP contribution in [0.5, 0.6) is 0 Å². The Morgan fingerprint density at radius 3 is 2.50 bits per heavy atom. The highest BCUT2D eigenvalue weighted by Crippen LogP contribution is 2.26. The maximum absolute atomic E-state index is 12.6. The molecular formula is C23H26N4O2S. The van der Waals surface area contributed by atoms with Crippen molar-refractivity contribution in [3.05, 3.63) is 59.2 Å². The van der Waals surface area contributed by atoms with Crippen LogP contribution in [0.1, 0.15) is 16.7 Å². The summed E-state index contributed by atoms with van der Waals surface area (Å²) in [4.78, 5) is 16.9. The number of aromatic nitrogens is 2. The number of hydrogen-bond acceptors (Lipinski definition) is 6. The monoisotopic (exact) mass is 422 g/mol. The summed E-state index contributed by atoms with van der Waals surface area (Å²) >= 11 is 1.30. The summed E-state index contributed by atoms with van der Waals surface area (Å²) in [5.74, 6) is 0.906. The van der Waals surface area contributed by atoms with Gasteiger partial charge in [0.15, 0.2) is 0 Å². The van der Waals surface area contributed by atoms with E-state index in [4.69, 9.17) is 4.42 Å². The van der Waals surface area contributed by atoms with E-state index >= 15 is 0 Å². The maximum Gasteiger partial charge on any atom is 0.277 e. The summed E-state index contributed by atoms with van der Waals surface area (Å²) in [6, 6.07) is 14.6. The first-order valence-electron chi connectivity index (χ1n) is 10.1. The molecule has 7 heteroatoms. The Morgan fingerprint density at radius 2 is 1.77 bits per heavy atom. The third-order valence-electron chi connectivity index (χ3n) is 5.34. The molecule has 6 nitrogen and oxygen atoms in total. The number of carbonyl (C=O) groups is 1. The maximum atomic E-state index is 12.6. The number of thioether (sulfide) groups is 1. The summed E-state index contributed by atoms with van der Waals surface area (Å²) in [5.41, 5.74) is 5.69. The highest BCUT2D eigenvalue weighted by atomic mass is 32.2. The van der Waals surface area contributed by atoms with E-state index in [1.807, 2.05) is 24.0 Å². The molecule has 3 aromatic rings. The molecule has 1 aliphatic rings. The molecule has 2 aromatic carbocycles. The number of hydrogen-bond donors (Lipinski definition) is 0. The highest BCUT2D eigenvalue weighted by Gasteiger charge is 2.22. The number of carbonyl (C=O) groups excluding carboxylic acids is 1. The number of amides is 1. The van der Waals surface area contributed by atoms with Gasteiger partial charge in [0.1, 0.15) is 0 Å². The summed E-state index contributed by atoms with van der Waals surface area (Å²) in [6.07, 6.45) is 0. The topological polar surface area (TPSA) is 62.5 Å². The molecule has 1 saturated heterocycles. The highest BCUT2D eigenvalue weighted by molar-refractivity contribution is 7.99. The van der Waals surface area contributed by atoms with Crippen molar-refractivity contribution in [2.45, 2.75) is 26.0 Å². The fourth-order valence-electron chi connectivity index (χ4n) is 3.68. The molecule has 1 aliphatic heterocycles. The second-order valence-corrected chi connectivity index (χ2v) is 8.61. The molecule has 1 fully saturated rings. The van der Waals surface area contributed by atoms with Gasteiger partial charge in [-0.15, -0.1) is 10.2 Å². The van der Waals surface area contributed by atoms with Crippen molar-refractivity contribution in [1.29, 1.82) is 0 Å². The van der Waals surface area contributed by atoms with Crippen LogP contribution in [-0.4, -0.2) is 52.9 Å². The lowest BCUT2D eigenvalue weighted by atomic mass is 10.1. The lowest BCUT2D eigenvalue weighted by Crippen LogP contribution is -2.49. The van der Waals surface area contributed by atoms with Crippen molar-refractivity contribution in [2.24, 2.45) is 0 Å². The average molecular weight is 423 g/mol. The van der Waals surface area contributed by atoms with Crippen LogP contribution < -0.4 is 4.90 Å². The molecule has 1 amide bonds. The molecule has 1 aromatic heterocycles. The zero-order valence-electron chi connectivity index (χ0n) is 17.6. The molecule has 30 heavy (non-hydrogen) atoms. The van der Waals surface area contributed by atoms with Gasteiger partial charge in [0.05, 0.1) is 5.75 Å². The van der Waals surface area contributed by atoms with E-state index in [-0.39, 0.29) is 5.91 Å². The van der Waals surface area contributed by atoms with Gasteiger partial charge in [0.2, 0.25) is 11.8 Å². The molecule has 156 valence electrons. The molecule has 0 aliphatic carbocycles. The minimum Gasteiger partial charge on any atom is -0.411 e. The fraction of sp³-hybridized carbons (Fsp3) is 0.348. The Bertz CT molecular complexity index is 1040. The normalized spacial score (nSPS) is 14.2. The van der Waals surface area contributed by atoms with Crippen LogP contribution in [0.4, 0.5) is 5.69 Å². The van der Waals surface area contributed by atoms with Crippen molar-refractivity contribution >= 4 is 23.4 Å². The van der Waals surface area contributed by atoms with Crippen LogP contribution in [0.3, 0.4) is 0 Å². The third kappa shape index (κ3) is 4.67. The Balaban J connectivity index is 1.30. The van der Waals surface area contributed by atoms with Gasteiger partial charge >= 0.3 is 0 Å². The smallest absolute Gasteiger partial charge is 0.277 e. The van der Waals surface area contributed by atoms with E-state index in [0.29, 0.717) is 16.9 Å². The third-order valence-corrected chi connectivity index (χ3v) is 6.14. The molecule has 0 spiro atoms. The first-order chi connectivity index (χ1) is 14.5. The Kier molecular flexibility index (Phi) is 6.08. The summed E-state index contributed by atoms with van der Waals surface area (Å²) in [7, 11) is 0. The lowest BCUT2D eigenvalue weighted by Gasteiger charge is -2.36. The van der Waals surface area contributed by atoms with Crippen LogP contribution in [0.2, 0.25) is 0 Å². The fourth-order valence-corrected chi connectivity index (χ4v) is 4.35. The van der Waals surface area contributed by atoms with Crippen molar-refractivity contribution < 1.29 is 9.21 Å². The first kappa shape index (κ1) is 20.5. The van der Waals surface area contributed by atoms with Crippen LogP contribution in [0.15, 0.2) is 52.1 Å². The van der Waals surface area contributed by atoms with E-state index in [1.165, 1.54) is 28.6 Å². The van der Waals surface area contributed by atoms with Crippen LogP contribution >= 0.6 is 11.8 Å².